The Balaban J connectivity index is 2.33. The standard InChI is InChI=1S/C16H14F4N2O3S/c1-22(26(2,24)25)14-8-7-12(17)9-13(14)21-15(23)10-3-5-11(6-4-10)16(18,19)20/h3-9H,1-2H3,(H,21,23). The minimum absolute atomic E-state index is 0.00848. The number of hydrogen-bond donors (Lipinski definition) is 1. The molecule has 0 bridgehead atoms. The van der Waals surface area contributed by atoms with Crippen LogP contribution in [0.5, 0.6) is 0 Å². The van der Waals surface area contributed by atoms with Crippen LogP contribution in [0, 0.1) is 5.82 Å². The number of rotatable bonds is 4. The highest BCUT2D eigenvalue weighted by Crippen LogP contribution is 2.30. The molecule has 0 spiro atoms. The van der Waals surface area contributed by atoms with E-state index in [1.165, 1.54) is 13.1 Å². The number of carbonyl (C=O) groups excluding carboxylic acids is 1. The van der Waals surface area contributed by atoms with Gasteiger partial charge < -0.3 is 5.32 Å². The average molecular weight is 390 g/mol. The molecular weight excluding hydrogens is 376 g/mol. The van der Waals surface area contributed by atoms with Crippen molar-refractivity contribution >= 4 is 27.3 Å². The molecule has 0 saturated heterocycles. The van der Waals surface area contributed by atoms with E-state index in [1.54, 1.807) is 0 Å². The molecule has 0 aliphatic carbocycles. The zero-order valence-corrected chi connectivity index (χ0v) is 14.5. The molecule has 2 aromatic carbocycles. The van der Waals surface area contributed by atoms with Gasteiger partial charge in [-0.05, 0) is 42.5 Å². The summed E-state index contributed by atoms with van der Waals surface area (Å²) in [5, 5.41) is 2.31. The largest absolute Gasteiger partial charge is 0.416 e. The zero-order valence-electron chi connectivity index (χ0n) is 13.6. The van der Waals surface area contributed by atoms with E-state index in [2.05, 4.69) is 5.32 Å². The second-order valence-corrected chi connectivity index (χ2v) is 7.43. The monoisotopic (exact) mass is 390 g/mol. The first kappa shape index (κ1) is 19.7. The van der Waals surface area contributed by atoms with Crippen molar-refractivity contribution in [1.82, 2.24) is 0 Å². The number of amides is 1. The summed E-state index contributed by atoms with van der Waals surface area (Å²) in [4.78, 5) is 12.2. The number of alkyl halides is 3. The van der Waals surface area contributed by atoms with E-state index in [9.17, 15) is 30.8 Å². The topological polar surface area (TPSA) is 66.5 Å². The van der Waals surface area contributed by atoms with Gasteiger partial charge in [0.25, 0.3) is 5.91 Å². The minimum atomic E-state index is -4.54. The molecule has 0 heterocycles. The molecule has 2 rings (SSSR count). The normalized spacial score (nSPS) is 11.9. The van der Waals surface area contributed by atoms with E-state index in [-0.39, 0.29) is 16.9 Å². The summed E-state index contributed by atoms with van der Waals surface area (Å²) in [6.07, 6.45) is -3.61. The molecule has 1 N–H and O–H groups in total. The Labute approximate surface area is 147 Å². The van der Waals surface area contributed by atoms with Crippen molar-refractivity contribution in [3.05, 3.63) is 59.4 Å². The van der Waals surface area contributed by atoms with Crippen LogP contribution in [-0.4, -0.2) is 27.6 Å². The lowest BCUT2D eigenvalue weighted by molar-refractivity contribution is -0.137. The van der Waals surface area contributed by atoms with Gasteiger partial charge in [-0.2, -0.15) is 13.2 Å². The third-order valence-corrected chi connectivity index (χ3v) is 4.71. The van der Waals surface area contributed by atoms with Gasteiger partial charge in [-0.15, -0.1) is 0 Å². The fraction of sp³-hybridized carbons (Fsp3) is 0.188. The van der Waals surface area contributed by atoms with Crippen LogP contribution in [0.25, 0.3) is 0 Å². The molecule has 0 aliphatic heterocycles. The highest BCUT2D eigenvalue weighted by Gasteiger charge is 2.30. The van der Waals surface area contributed by atoms with Gasteiger partial charge >= 0.3 is 6.18 Å². The van der Waals surface area contributed by atoms with Gasteiger partial charge in [0.2, 0.25) is 10.0 Å². The van der Waals surface area contributed by atoms with Gasteiger partial charge in [0.1, 0.15) is 5.82 Å². The van der Waals surface area contributed by atoms with Crippen LogP contribution in [0.2, 0.25) is 0 Å². The molecule has 0 atom stereocenters. The average Bonchev–Trinajstić information content (AvgIpc) is 2.53. The Morgan fingerprint density at radius 2 is 1.65 bits per heavy atom. The predicted molar refractivity (Wildman–Crippen MR) is 89.0 cm³/mol. The Hall–Kier alpha value is -2.62. The van der Waals surface area contributed by atoms with Crippen molar-refractivity contribution in [3.8, 4) is 0 Å². The van der Waals surface area contributed by atoms with Crippen molar-refractivity contribution < 1.29 is 30.8 Å². The Morgan fingerprint density at radius 3 is 2.15 bits per heavy atom. The lowest BCUT2D eigenvalue weighted by atomic mass is 10.1. The second-order valence-electron chi connectivity index (χ2n) is 5.42. The van der Waals surface area contributed by atoms with E-state index in [0.29, 0.717) is 0 Å². The molecule has 0 unspecified atom stereocenters. The molecule has 0 aromatic heterocycles. The smallest absolute Gasteiger partial charge is 0.320 e. The third kappa shape index (κ3) is 4.51. The lowest BCUT2D eigenvalue weighted by Crippen LogP contribution is -2.26. The molecule has 0 saturated carbocycles. The number of anilines is 2. The maximum Gasteiger partial charge on any atom is 0.416 e. The molecule has 0 aliphatic rings. The van der Waals surface area contributed by atoms with Crippen molar-refractivity contribution in [3.63, 3.8) is 0 Å². The highest BCUT2D eigenvalue weighted by molar-refractivity contribution is 7.92. The third-order valence-electron chi connectivity index (χ3n) is 3.52. The van der Waals surface area contributed by atoms with E-state index in [1.807, 2.05) is 0 Å². The van der Waals surface area contributed by atoms with E-state index in [0.717, 1.165) is 47.0 Å². The quantitative estimate of drug-likeness (QED) is 0.813. The van der Waals surface area contributed by atoms with Gasteiger partial charge in [-0.3, -0.25) is 9.10 Å². The molecule has 2 aromatic rings. The van der Waals surface area contributed by atoms with Crippen LogP contribution in [0.15, 0.2) is 42.5 Å². The number of benzene rings is 2. The fourth-order valence-electron chi connectivity index (χ4n) is 2.07. The number of hydrogen-bond acceptors (Lipinski definition) is 3. The van der Waals surface area contributed by atoms with E-state index < -0.39 is 33.5 Å². The molecule has 1 amide bonds. The van der Waals surface area contributed by atoms with Crippen molar-refractivity contribution in [2.45, 2.75) is 6.18 Å². The lowest BCUT2D eigenvalue weighted by Gasteiger charge is -2.20. The van der Waals surface area contributed by atoms with Crippen LogP contribution in [0.1, 0.15) is 15.9 Å². The molecule has 0 radical (unpaired) electrons. The van der Waals surface area contributed by atoms with Gasteiger partial charge in [0.15, 0.2) is 0 Å². The molecule has 0 fully saturated rings. The van der Waals surface area contributed by atoms with E-state index in [4.69, 9.17) is 0 Å². The van der Waals surface area contributed by atoms with E-state index >= 15 is 0 Å². The van der Waals surface area contributed by atoms with Crippen LogP contribution >= 0.6 is 0 Å². The molecule has 140 valence electrons. The first-order valence-electron chi connectivity index (χ1n) is 7.11. The predicted octanol–water partition coefficient (Wildman–Crippen LogP) is 3.49. The number of sulfonamides is 1. The minimum Gasteiger partial charge on any atom is -0.320 e. The van der Waals surface area contributed by atoms with Crippen molar-refractivity contribution in [2.24, 2.45) is 0 Å². The zero-order chi connectivity index (χ0) is 19.7. The summed E-state index contributed by atoms with van der Waals surface area (Å²) in [5.74, 6) is -1.54. The molecule has 10 heteroatoms. The van der Waals surface area contributed by atoms with Gasteiger partial charge in [-0.25, -0.2) is 12.8 Å². The fourth-order valence-corrected chi connectivity index (χ4v) is 2.58. The number of nitrogens with zero attached hydrogens (tertiary/aromatic N) is 1. The molecule has 26 heavy (non-hydrogen) atoms. The summed E-state index contributed by atoms with van der Waals surface area (Å²) in [6, 6.07) is 6.52. The summed E-state index contributed by atoms with van der Waals surface area (Å²) in [5.41, 5.74) is -1.15. The van der Waals surface area contributed by atoms with Crippen molar-refractivity contribution in [1.29, 1.82) is 0 Å². The van der Waals surface area contributed by atoms with Crippen LogP contribution in [0.4, 0.5) is 28.9 Å². The summed E-state index contributed by atoms with van der Waals surface area (Å²) < 4.78 is 75.4. The SMILES string of the molecule is CN(c1ccc(F)cc1NC(=O)c1ccc(C(F)(F)F)cc1)S(C)(=O)=O. The highest BCUT2D eigenvalue weighted by atomic mass is 32.2. The first-order valence-corrected chi connectivity index (χ1v) is 8.96. The Bertz CT molecular complexity index is 926. The summed E-state index contributed by atoms with van der Waals surface area (Å²) in [6.45, 7) is 0. The van der Waals surface area contributed by atoms with Crippen LogP contribution in [0.3, 0.4) is 0 Å². The maximum absolute atomic E-state index is 13.5. The van der Waals surface area contributed by atoms with Gasteiger partial charge in [0, 0.05) is 12.6 Å². The number of nitrogens with one attached hydrogen (secondary N) is 1. The van der Waals surface area contributed by atoms with Crippen molar-refractivity contribution in [2.75, 3.05) is 22.9 Å². The number of carbonyl (C=O) groups is 1. The van der Waals surface area contributed by atoms with Gasteiger partial charge in [0.05, 0.1) is 23.2 Å². The van der Waals surface area contributed by atoms with Crippen LogP contribution < -0.4 is 9.62 Å². The summed E-state index contributed by atoms with van der Waals surface area (Å²) in [7, 11) is -2.46. The van der Waals surface area contributed by atoms with Gasteiger partial charge in [-0.1, -0.05) is 0 Å². The second kappa shape index (κ2) is 6.94. The molecule has 5 nitrogen and oxygen atoms in total. The first-order chi connectivity index (χ1) is 11.9. The number of halogens is 4. The molecular formula is C16H14F4N2O3S. The maximum atomic E-state index is 13.5. The summed E-state index contributed by atoms with van der Waals surface area (Å²) >= 11 is 0. The Morgan fingerprint density at radius 1 is 1.08 bits per heavy atom. The Kier molecular flexibility index (Phi) is 5.26. The van der Waals surface area contributed by atoms with Crippen LogP contribution in [-0.2, 0) is 16.2 Å².